The SMILES string of the molecule is O=C(NCc1nc2ccccc2[nH]1)c1cccc(OCc2ccc(F)cc2)c1. The van der Waals surface area contributed by atoms with Crippen LogP contribution >= 0.6 is 0 Å². The molecule has 0 atom stereocenters. The molecule has 0 unspecified atom stereocenters. The molecule has 5 nitrogen and oxygen atoms in total. The first-order valence-electron chi connectivity index (χ1n) is 8.86. The zero-order chi connectivity index (χ0) is 19.3. The average molecular weight is 375 g/mol. The molecule has 0 radical (unpaired) electrons. The third-order valence-corrected chi connectivity index (χ3v) is 4.27. The number of nitrogens with zero attached hydrogens (tertiary/aromatic N) is 1. The van der Waals surface area contributed by atoms with Crippen molar-refractivity contribution in [1.82, 2.24) is 15.3 Å². The first-order valence-corrected chi connectivity index (χ1v) is 8.86. The number of para-hydroxylation sites is 2. The fourth-order valence-corrected chi connectivity index (χ4v) is 2.83. The number of rotatable bonds is 6. The number of halogens is 1. The lowest BCUT2D eigenvalue weighted by molar-refractivity contribution is 0.0949. The van der Waals surface area contributed by atoms with Gasteiger partial charge in [-0.3, -0.25) is 4.79 Å². The number of benzene rings is 3. The summed E-state index contributed by atoms with van der Waals surface area (Å²) in [7, 11) is 0. The standard InChI is InChI=1S/C22H18FN3O2/c23-17-10-8-15(9-11-17)14-28-18-5-3-4-16(12-18)22(27)24-13-21-25-19-6-1-2-7-20(19)26-21/h1-12H,13-14H2,(H,24,27)(H,25,26). The van der Waals surface area contributed by atoms with E-state index < -0.39 is 0 Å². The highest BCUT2D eigenvalue weighted by molar-refractivity contribution is 5.94. The molecule has 0 aliphatic heterocycles. The highest BCUT2D eigenvalue weighted by Gasteiger charge is 2.09. The Balaban J connectivity index is 1.37. The maximum absolute atomic E-state index is 13.0. The van der Waals surface area contributed by atoms with Crippen molar-refractivity contribution in [1.29, 1.82) is 0 Å². The smallest absolute Gasteiger partial charge is 0.251 e. The van der Waals surface area contributed by atoms with Gasteiger partial charge in [-0.15, -0.1) is 0 Å². The van der Waals surface area contributed by atoms with Crippen LogP contribution in [-0.4, -0.2) is 15.9 Å². The van der Waals surface area contributed by atoms with Crippen molar-refractivity contribution < 1.29 is 13.9 Å². The Labute approximate surface area is 161 Å². The lowest BCUT2D eigenvalue weighted by Crippen LogP contribution is -2.23. The number of hydrogen-bond donors (Lipinski definition) is 2. The number of nitrogens with one attached hydrogen (secondary N) is 2. The predicted molar refractivity (Wildman–Crippen MR) is 104 cm³/mol. The zero-order valence-corrected chi connectivity index (χ0v) is 15.0. The van der Waals surface area contributed by atoms with E-state index in [9.17, 15) is 9.18 Å². The molecule has 0 bridgehead atoms. The molecular formula is C22H18FN3O2. The van der Waals surface area contributed by atoms with E-state index in [1.165, 1.54) is 12.1 Å². The van der Waals surface area contributed by atoms with Crippen molar-refractivity contribution in [2.75, 3.05) is 0 Å². The van der Waals surface area contributed by atoms with Gasteiger partial charge >= 0.3 is 0 Å². The number of carbonyl (C=O) groups is 1. The summed E-state index contributed by atoms with van der Waals surface area (Å²) in [6, 6.07) is 20.8. The summed E-state index contributed by atoms with van der Waals surface area (Å²) >= 11 is 0. The number of H-pyrrole nitrogens is 1. The summed E-state index contributed by atoms with van der Waals surface area (Å²) in [6.45, 7) is 0.596. The van der Waals surface area contributed by atoms with E-state index in [2.05, 4.69) is 15.3 Å². The Morgan fingerprint density at radius 1 is 1.04 bits per heavy atom. The fraction of sp³-hybridized carbons (Fsp3) is 0.0909. The van der Waals surface area contributed by atoms with E-state index >= 15 is 0 Å². The summed E-state index contributed by atoms with van der Waals surface area (Å²) in [5.74, 6) is 0.763. The van der Waals surface area contributed by atoms with Gasteiger partial charge in [0.2, 0.25) is 0 Å². The van der Waals surface area contributed by atoms with Crippen LogP contribution in [0.2, 0.25) is 0 Å². The van der Waals surface area contributed by atoms with E-state index in [1.807, 2.05) is 24.3 Å². The number of imidazole rings is 1. The zero-order valence-electron chi connectivity index (χ0n) is 15.0. The monoisotopic (exact) mass is 375 g/mol. The van der Waals surface area contributed by atoms with E-state index in [0.717, 1.165) is 16.6 Å². The minimum atomic E-state index is -0.285. The number of amides is 1. The van der Waals surface area contributed by atoms with Crippen LogP contribution in [0.25, 0.3) is 11.0 Å². The second-order valence-electron chi connectivity index (χ2n) is 6.33. The normalized spacial score (nSPS) is 10.8. The molecule has 1 aromatic heterocycles. The Kier molecular flexibility index (Phi) is 5.01. The van der Waals surface area contributed by atoms with Crippen molar-refractivity contribution in [2.45, 2.75) is 13.2 Å². The minimum Gasteiger partial charge on any atom is -0.489 e. The van der Waals surface area contributed by atoms with Crippen LogP contribution in [0.5, 0.6) is 5.75 Å². The van der Waals surface area contributed by atoms with Gasteiger partial charge in [0.05, 0.1) is 17.6 Å². The Bertz CT molecular complexity index is 1070. The van der Waals surface area contributed by atoms with Gasteiger partial charge in [-0.25, -0.2) is 9.37 Å². The quantitative estimate of drug-likeness (QED) is 0.530. The summed E-state index contributed by atoms with van der Waals surface area (Å²) in [4.78, 5) is 20.1. The number of ether oxygens (including phenoxy) is 1. The Morgan fingerprint density at radius 2 is 1.86 bits per heavy atom. The number of hydrogen-bond acceptors (Lipinski definition) is 3. The van der Waals surface area contributed by atoms with Crippen molar-refractivity contribution in [2.24, 2.45) is 0 Å². The van der Waals surface area contributed by atoms with Gasteiger partial charge in [0.1, 0.15) is 24.0 Å². The molecule has 6 heteroatoms. The highest BCUT2D eigenvalue weighted by atomic mass is 19.1. The van der Waals surface area contributed by atoms with Crippen LogP contribution in [0.4, 0.5) is 4.39 Å². The van der Waals surface area contributed by atoms with E-state index in [-0.39, 0.29) is 11.7 Å². The van der Waals surface area contributed by atoms with E-state index in [4.69, 9.17) is 4.74 Å². The van der Waals surface area contributed by atoms with Crippen molar-refractivity contribution in [3.8, 4) is 5.75 Å². The summed E-state index contributed by atoms with van der Waals surface area (Å²) in [6.07, 6.45) is 0. The van der Waals surface area contributed by atoms with Gasteiger partial charge in [-0.05, 0) is 48.0 Å². The molecule has 1 amide bonds. The van der Waals surface area contributed by atoms with Crippen LogP contribution in [-0.2, 0) is 13.2 Å². The van der Waals surface area contributed by atoms with Gasteiger partial charge < -0.3 is 15.0 Å². The average Bonchev–Trinajstić information content (AvgIpc) is 3.15. The van der Waals surface area contributed by atoms with Crippen LogP contribution in [0.3, 0.4) is 0 Å². The second-order valence-corrected chi connectivity index (χ2v) is 6.33. The molecule has 3 aromatic carbocycles. The van der Waals surface area contributed by atoms with E-state index in [1.54, 1.807) is 36.4 Å². The lowest BCUT2D eigenvalue weighted by Gasteiger charge is -2.08. The molecule has 28 heavy (non-hydrogen) atoms. The molecular weight excluding hydrogens is 357 g/mol. The third kappa shape index (κ3) is 4.17. The summed E-state index contributed by atoms with van der Waals surface area (Å²) < 4.78 is 18.7. The van der Waals surface area contributed by atoms with Gasteiger partial charge in [-0.1, -0.05) is 30.3 Å². The predicted octanol–water partition coefficient (Wildman–Crippen LogP) is 4.21. The van der Waals surface area contributed by atoms with Crippen LogP contribution in [0.15, 0.2) is 72.8 Å². The largest absolute Gasteiger partial charge is 0.489 e. The molecule has 140 valence electrons. The number of aromatic amines is 1. The maximum Gasteiger partial charge on any atom is 0.251 e. The van der Waals surface area contributed by atoms with Gasteiger partial charge in [0.15, 0.2) is 0 Å². The molecule has 0 spiro atoms. The first kappa shape index (κ1) is 17.7. The van der Waals surface area contributed by atoms with Crippen molar-refractivity contribution >= 4 is 16.9 Å². The number of carbonyl (C=O) groups excluding carboxylic acids is 1. The molecule has 0 saturated heterocycles. The van der Waals surface area contributed by atoms with Crippen LogP contribution in [0, 0.1) is 5.82 Å². The Morgan fingerprint density at radius 3 is 2.68 bits per heavy atom. The van der Waals surface area contributed by atoms with Crippen molar-refractivity contribution in [3.05, 3.63) is 95.6 Å². The molecule has 0 aliphatic carbocycles. The fourth-order valence-electron chi connectivity index (χ4n) is 2.83. The number of fused-ring (bicyclic) bond motifs is 1. The molecule has 0 fully saturated rings. The minimum absolute atomic E-state index is 0.215. The number of aromatic nitrogens is 2. The van der Waals surface area contributed by atoms with Gasteiger partial charge in [0, 0.05) is 5.56 Å². The van der Waals surface area contributed by atoms with E-state index in [0.29, 0.717) is 30.3 Å². The molecule has 4 aromatic rings. The third-order valence-electron chi connectivity index (χ3n) is 4.27. The topological polar surface area (TPSA) is 67.0 Å². The van der Waals surface area contributed by atoms with Crippen LogP contribution < -0.4 is 10.1 Å². The van der Waals surface area contributed by atoms with Gasteiger partial charge in [-0.2, -0.15) is 0 Å². The molecule has 0 aliphatic rings. The highest BCUT2D eigenvalue weighted by Crippen LogP contribution is 2.16. The molecule has 2 N–H and O–H groups in total. The first-order chi connectivity index (χ1) is 13.7. The second kappa shape index (κ2) is 7.92. The summed E-state index contributed by atoms with van der Waals surface area (Å²) in [5, 5.41) is 2.85. The Hall–Kier alpha value is -3.67. The lowest BCUT2D eigenvalue weighted by atomic mass is 10.2. The van der Waals surface area contributed by atoms with Crippen LogP contribution in [0.1, 0.15) is 21.7 Å². The maximum atomic E-state index is 13.0. The molecule has 1 heterocycles. The summed E-state index contributed by atoms with van der Waals surface area (Å²) in [5.41, 5.74) is 3.14. The van der Waals surface area contributed by atoms with Crippen molar-refractivity contribution in [3.63, 3.8) is 0 Å². The molecule has 0 saturated carbocycles. The van der Waals surface area contributed by atoms with Gasteiger partial charge in [0.25, 0.3) is 5.91 Å². The molecule has 4 rings (SSSR count).